The summed E-state index contributed by atoms with van der Waals surface area (Å²) in [6.07, 6.45) is 2.88. The molecular formula is C15H19NO3. The van der Waals surface area contributed by atoms with Crippen LogP contribution in [0.15, 0.2) is 18.2 Å². The van der Waals surface area contributed by atoms with Gasteiger partial charge in [-0.15, -0.1) is 0 Å². The van der Waals surface area contributed by atoms with Crippen LogP contribution in [-0.4, -0.2) is 41.4 Å². The SMILES string of the molecule is Cc1ccc(C(=O)O)cc1C(=O)CCN1CCCC1. The predicted molar refractivity (Wildman–Crippen MR) is 72.8 cm³/mol. The minimum absolute atomic E-state index is 0.0347. The topological polar surface area (TPSA) is 57.6 Å². The molecule has 0 spiro atoms. The molecule has 1 aliphatic rings. The summed E-state index contributed by atoms with van der Waals surface area (Å²) in [5, 5.41) is 8.96. The summed E-state index contributed by atoms with van der Waals surface area (Å²) in [7, 11) is 0. The van der Waals surface area contributed by atoms with Crippen molar-refractivity contribution in [2.45, 2.75) is 26.2 Å². The molecule has 0 saturated carbocycles. The third kappa shape index (κ3) is 3.41. The Bertz CT molecular complexity index is 490. The molecule has 0 aliphatic carbocycles. The summed E-state index contributed by atoms with van der Waals surface area (Å²) in [5.74, 6) is -0.957. The van der Waals surface area contributed by atoms with Gasteiger partial charge in [-0.05, 0) is 50.6 Å². The lowest BCUT2D eigenvalue weighted by Crippen LogP contribution is -2.23. The van der Waals surface area contributed by atoms with E-state index in [1.165, 1.54) is 25.0 Å². The van der Waals surface area contributed by atoms with Crippen molar-refractivity contribution < 1.29 is 14.7 Å². The first kappa shape index (κ1) is 13.7. The average molecular weight is 261 g/mol. The normalized spacial score (nSPS) is 15.6. The second-order valence-electron chi connectivity index (χ2n) is 5.06. The fourth-order valence-corrected chi connectivity index (χ4v) is 2.46. The highest BCUT2D eigenvalue weighted by molar-refractivity contribution is 6.00. The van der Waals surface area contributed by atoms with Crippen LogP contribution in [0, 0.1) is 6.92 Å². The standard InChI is InChI=1S/C15H19NO3/c1-11-4-5-12(15(18)19)10-13(11)14(17)6-9-16-7-2-3-8-16/h4-5,10H,2-3,6-9H2,1H3,(H,18,19). The maximum absolute atomic E-state index is 12.2. The van der Waals surface area contributed by atoms with Gasteiger partial charge >= 0.3 is 5.97 Å². The quantitative estimate of drug-likeness (QED) is 0.827. The molecular weight excluding hydrogens is 242 g/mol. The number of carbonyl (C=O) groups is 2. The van der Waals surface area contributed by atoms with E-state index in [4.69, 9.17) is 5.11 Å². The number of hydrogen-bond acceptors (Lipinski definition) is 3. The molecule has 1 aliphatic heterocycles. The zero-order chi connectivity index (χ0) is 13.8. The summed E-state index contributed by atoms with van der Waals surface area (Å²) in [6, 6.07) is 4.73. The zero-order valence-corrected chi connectivity index (χ0v) is 11.2. The molecule has 1 heterocycles. The van der Waals surface area contributed by atoms with Crippen LogP contribution < -0.4 is 0 Å². The highest BCUT2D eigenvalue weighted by Crippen LogP contribution is 2.15. The number of hydrogen-bond donors (Lipinski definition) is 1. The minimum Gasteiger partial charge on any atom is -0.478 e. The number of carboxylic acid groups (broad SMARTS) is 1. The molecule has 0 bridgehead atoms. The van der Waals surface area contributed by atoms with Crippen molar-refractivity contribution in [1.82, 2.24) is 4.90 Å². The molecule has 1 fully saturated rings. The summed E-state index contributed by atoms with van der Waals surface area (Å²) >= 11 is 0. The number of Topliss-reactive ketones (excluding diaryl/α,β-unsaturated/α-hetero) is 1. The van der Waals surface area contributed by atoms with E-state index in [0.717, 1.165) is 25.2 Å². The third-order valence-corrected chi connectivity index (χ3v) is 3.64. The molecule has 2 rings (SSSR count). The summed E-state index contributed by atoms with van der Waals surface area (Å²) < 4.78 is 0. The van der Waals surface area contributed by atoms with Gasteiger partial charge in [0, 0.05) is 18.5 Å². The van der Waals surface area contributed by atoms with E-state index >= 15 is 0 Å². The number of aromatic carboxylic acids is 1. The number of carboxylic acids is 1. The number of carbonyl (C=O) groups excluding carboxylic acids is 1. The first-order valence-corrected chi connectivity index (χ1v) is 6.67. The number of nitrogens with zero attached hydrogens (tertiary/aromatic N) is 1. The lowest BCUT2D eigenvalue weighted by molar-refractivity contribution is 0.0697. The molecule has 0 aromatic heterocycles. The van der Waals surface area contributed by atoms with Gasteiger partial charge in [-0.25, -0.2) is 4.79 Å². The van der Waals surface area contributed by atoms with E-state index in [0.29, 0.717) is 12.0 Å². The van der Waals surface area contributed by atoms with Gasteiger partial charge in [0.25, 0.3) is 0 Å². The highest BCUT2D eigenvalue weighted by Gasteiger charge is 2.16. The monoisotopic (exact) mass is 261 g/mol. The maximum Gasteiger partial charge on any atom is 0.335 e. The van der Waals surface area contributed by atoms with Crippen LogP contribution >= 0.6 is 0 Å². The number of likely N-dealkylation sites (tertiary alicyclic amines) is 1. The number of benzene rings is 1. The van der Waals surface area contributed by atoms with Crippen molar-refractivity contribution in [2.75, 3.05) is 19.6 Å². The first-order chi connectivity index (χ1) is 9.08. The molecule has 4 nitrogen and oxygen atoms in total. The molecule has 1 aromatic rings. The van der Waals surface area contributed by atoms with E-state index in [1.807, 2.05) is 6.92 Å². The van der Waals surface area contributed by atoms with Crippen molar-refractivity contribution in [2.24, 2.45) is 0 Å². The minimum atomic E-state index is -0.992. The summed E-state index contributed by atoms with van der Waals surface area (Å²) in [4.78, 5) is 25.4. The lowest BCUT2D eigenvalue weighted by Gasteiger charge is -2.14. The van der Waals surface area contributed by atoms with E-state index in [1.54, 1.807) is 6.07 Å². The Labute approximate surface area is 113 Å². The van der Waals surface area contributed by atoms with Crippen LogP contribution in [0.4, 0.5) is 0 Å². The van der Waals surface area contributed by atoms with Gasteiger partial charge in [0.05, 0.1) is 5.56 Å². The molecule has 0 atom stereocenters. The Balaban J connectivity index is 2.04. The first-order valence-electron chi connectivity index (χ1n) is 6.67. The molecule has 102 valence electrons. The van der Waals surface area contributed by atoms with Gasteiger partial charge in [-0.3, -0.25) is 4.79 Å². The Morgan fingerprint density at radius 3 is 2.58 bits per heavy atom. The van der Waals surface area contributed by atoms with Gasteiger partial charge in [0.15, 0.2) is 5.78 Å². The highest BCUT2D eigenvalue weighted by atomic mass is 16.4. The van der Waals surface area contributed by atoms with Gasteiger partial charge < -0.3 is 10.0 Å². The fourth-order valence-electron chi connectivity index (χ4n) is 2.46. The number of aryl methyl sites for hydroxylation is 1. The summed E-state index contributed by atoms with van der Waals surface area (Å²) in [6.45, 7) is 4.76. The van der Waals surface area contributed by atoms with Crippen molar-refractivity contribution in [3.63, 3.8) is 0 Å². The van der Waals surface area contributed by atoms with Crippen LogP contribution in [0.5, 0.6) is 0 Å². The Morgan fingerprint density at radius 1 is 1.26 bits per heavy atom. The smallest absolute Gasteiger partial charge is 0.335 e. The van der Waals surface area contributed by atoms with Crippen molar-refractivity contribution in [3.05, 3.63) is 34.9 Å². The van der Waals surface area contributed by atoms with E-state index in [-0.39, 0.29) is 11.3 Å². The van der Waals surface area contributed by atoms with Crippen LogP contribution in [-0.2, 0) is 0 Å². The predicted octanol–water partition coefficient (Wildman–Crippen LogP) is 2.36. The molecule has 4 heteroatoms. The van der Waals surface area contributed by atoms with Gasteiger partial charge in [-0.1, -0.05) is 6.07 Å². The largest absolute Gasteiger partial charge is 0.478 e. The Morgan fingerprint density at radius 2 is 1.95 bits per heavy atom. The second-order valence-corrected chi connectivity index (χ2v) is 5.06. The van der Waals surface area contributed by atoms with Crippen LogP contribution in [0.25, 0.3) is 0 Å². The van der Waals surface area contributed by atoms with E-state index in [2.05, 4.69) is 4.90 Å². The summed E-state index contributed by atoms with van der Waals surface area (Å²) in [5.41, 5.74) is 1.56. The van der Waals surface area contributed by atoms with E-state index in [9.17, 15) is 9.59 Å². The average Bonchev–Trinajstić information content (AvgIpc) is 2.89. The van der Waals surface area contributed by atoms with Crippen molar-refractivity contribution >= 4 is 11.8 Å². The number of rotatable bonds is 5. The Kier molecular flexibility index (Phi) is 4.32. The molecule has 0 amide bonds. The Hall–Kier alpha value is -1.68. The van der Waals surface area contributed by atoms with Gasteiger partial charge in [0.2, 0.25) is 0 Å². The van der Waals surface area contributed by atoms with Crippen molar-refractivity contribution in [1.29, 1.82) is 0 Å². The zero-order valence-electron chi connectivity index (χ0n) is 11.2. The van der Waals surface area contributed by atoms with Crippen LogP contribution in [0.3, 0.4) is 0 Å². The second kappa shape index (κ2) is 5.97. The fraction of sp³-hybridized carbons (Fsp3) is 0.467. The number of ketones is 1. The van der Waals surface area contributed by atoms with Crippen LogP contribution in [0.2, 0.25) is 0 Å². The maximum atomic E-state index is 12.2. The molecule has 1 N–H and O–H groups in total. The van der Waals surface area contributed by atoms with Gasteiger partial charge in [0.1, 0.15) is 0 Å². The third-order valence-electron chi connectivity index (χ3n) is 3.64. The molecule has 1 aromatic carbocycles. The lowest BCUT2D eigenvalue weighted by atomic mass is 9.99. The molecule has 1 saturated heterocycles. The van der Waals surface area contributed by atoms with Crippen molar-refractivity contribution in [3.8, 4) is 0 Å². The van der Waals surface area contributed by atoms with Gasteiger partial charge in [-0.2, -0.15) is 0 Å². The van der Waals surface area contributed by atoms with E-state index < -0.39 is 5.97 Å². The molecule has 19 heavy (non-hydrogen) atoms. The molecule has 0 radical (unpaired) electrons. The molecule has 0 unspecified atom stereocenters. The van der Waals surface area contributed by atoms with Crippen LogP contribution in [0.1, 0.15) is 45.5 Å².